The Labute approximate surface area is 117 Å². The van der Waals surface area contributed by atoms with Crippen molar-refractivity contribution < 1.29 is 9.53 Å². The van der Waals surface area contributed by atoms with Crippen LogP contribution in [0.5, 0.6) is 0 Å². The van der Waals surface area contributed by atoms with Crippen molar-refractivity contribution in [3.63, 3.8) is 0 Å². The van der Waals surface area contributed by atoms with Crippen LogP contribution >= 0.6 is 0 Å². The summed E-state index contributed by atoms with van der Waals surface area (Å²) in [6.07, 6.45) is 0.618. The van der Waals surface area contributed by atoms with Gasteiger partial charge in [-0.15, -0.1) is 0 Å². The number of nitrogens with one attached hydrogen (secondary N) is 1. The Morgan fingerprint density at radius 1 is 1.20 bits per heavy atom. The van der Waals surface area contributed by atoms with E-state index < -0.39 is 5.54 Å². The predicted molar refractivity (Wildman–Crippen MR) is 79.8 cm³/mol. The van der Waals surface area contributed by atoms with Crippen molar-refractivity contribution in [2.45, 2.75) is 25.8 Å². The summed E-state index contributed by atoms with van der Waals surface area (Å²) in [5.74, 6) is -0.303. The zero-order valence-corrected chi connectivity index (χ0v) is 11.5. The first kappa shape index (κ1) is 12.7. The Morgan fingerprint density at radius 2 is 1.95 bits per heavy atom. The van der Waals surface area contributed by atoms with Crippen molar-refractivity contribution in [1.82, 2.24) is 0 Å². The SMILES string of the molecule is CC[C@]1(C)N=C(Nc2cccc3ccccc23)OC1=O. The third-order valence-corrected chi connectivity index (χ3v) is 3.70. The molecule has 0 saturated heterocycles. The minimum Gasteiger partial charge on any atom is -0.391 e. The number of rotatable bonds is 2. The second-order valence-electron chi connectivity index (χ2n) is 5.09. The van der Waals surface area contributed by atoms with Gasteiger partial charge in [-0.1, -0.05) is 43.3 Å². The van der Waals surface area contributed by atoms with Crippen molar-refractivity contribution in [3.05, 3.63) is 42.5 Å². The molecular weight excluding hydrogens is 252 g/mol. The number of anilines is 1. The first-order valence-corrected chi connectivity index (χ1v) is 6.69. The molecule has 0 aliphatic carbocycles. The minimum absolute atomic E-state index is 0.274. The van der Waals surface area contributed by atoms with Gasteiger partial charge < -0.3 is 10.1 Å². The van der Waals surface area contributed by atoms with E-state index in [1.807, 2.05) is 49.4 Å². The van der Waals surface area contributed by atoms with Gasteiger partial charge in [-0.05, 0) is 24.8 Å². The molecule has 0 spiro atoms. The van der Waals surface area contributed by atoms with Gasteiger partial charge in [0.15, 0.2) is 5.54 Å². The number of carbonyl (C=O) groups excluding carboxylic acids is 1. The Kier molecular flexibility index (Phi) is 2.93. The molecule has 3 rings (SSSR count). The Morgan fingerprint density at radius 3 is 2.70 bits per heavy atom. The summed E-state index contributed by atoms with van der Waals surface area (Å²) in [6, 6.07) is 14.3. The summed E-state index contributed by atoms with van der Waals surface area (Å²) in [6.45, 7) is 3.71. The van der Waals surface area contributed by atoms with Crippen molar-refractivity contribution >= 4 is 28.5 Å². The molecule has 2 aromatic rings. The molecule has 0 aromatic heterocycles. The van der Waals surface area contributed by atoms with Gasteiger partial charge in [-0.2, -0.15) is 0 Å². The zero-order chi connectivity index (χ0) is 14.2. The van der Waals surface area contributed by atoms with Gasteiger partial charge in [0.05, 0.1) is 5.69 Å². The first-order valence-electron chi connectivity index (χ1n) is 6.69. The molecule has 1 heterocycles. The number of amidine groups is 1. The molecule has 1 aliphatic rings. The molecule has 0 saturated carbocycles. The molecule has 0 radical (unpaired) electrons. The number of ether oxygens (including phenoxy) is 1. The molecule has 0 bridgehead atoms. The molecule has 2 aromatic carbocycles. The fourth-order valence-electron chi connectivity index (χ4n) is 2.22. The monoisotopic (exact) mass is 268 g/mol. The lowest BCUT2D eigenvalue weighted by molar-refractivity contribution is -0.138. The van der Waals surface area contributed by atoms with Crippen LogP contribution in [-0.4, -0.2) is 17.5 Å². The van der Waals surface area contributed by atoms with Crippen LogP contribution in [0.15, 0.2) is 47.5 Å². The van der Waals surface area contributed by atoms with Crippen LogP contribution in [0.4, 0.5) is 5.69 Å². The van der Waals surface area contributed by atoms with Gasteiger partial charge in [0.25, 0.3) is 6.02 Å². The molecule has 1 N–H and O–H groups in total. The lowest BCUT2D eigenvalue weighted by Gasteiger charge is -2.10. The number of nitrogens with zero attached hydrogens (tertiary/aromatic N) is 1. The normalized spacial score (nSPS) is 21.7. The van der Waals surface area contributed by atoms with Crippen molar-refractivity contribution in [2.24, 2.45) is 4.99 Å². The number of hydrogen-bond acceptors (Lipinski definition) is 4. The van der Waals surface area contributed by atoms with Crippen LogP contribution in [-0.2, 0) is 9.53 Å². The topological polar surface area (TPSA) is 50.7 Å². The summed E-state index contributed by atoms with van der Waals surface area (Å²) in [7, 11) is 0. The molecule has 102 valence electrons. The van der Waals surface area contributed by atoms with Gasteiger partial charge in [-0.25, -0.2) is 9.79 Å². The second kappa shape index (κ2) is 4.63. The Balaban J connectivity index is 1.95. The summed E-state index contributed by atoms with van der Waals surface area (Å²) in [4.78, 5) is 16.2. The van der Waals surface area contributed by atoms with Gasteiger partial charge in [0.2, 0.25) is 0 Å². The van der Waals surface area contributed by atoms with Crippen molar-refractivity contribution in [2.75, 3.05) is 5.32 Å². The predicted octanol–water partition coefficient (Wildman–Crippen LogP) is 3.33. The number of aliphatic imine (C=N–C) groups is 1. The van der Waals surface area contributed by atoms with E-state index in [2.05, 4.69) is 10.3 Å². The molecule has 0 fully saturated rings. The van der Waals surface area contributed by atoms with Crippen LogP contribution in [0.25, 0.3) is 10.8 Å². The molecule has 4 nitrogen and oxygen atoms in total. The van der Waals surface area contributed by atoms with E-state index in [4.69, 9.17) is 4.74 Å². The van der Waals surface area contributed by atoms with E-state index >= 15 is 0 Å². The summed E-state index contributed by atoms with van der Waals surface area (Å²) in [5.41, 5.74) is 0.113. The molecule has 1 atom stereocenters. The Hall–Kier alpha value is -2.36. The minimum atomic E-state index is -0.771. The van der Waals surface area contributed by atoms with E-state index in [1.54, 1.807) is 6.92 Å². The van der Waals surface area contributed by atoms with Crippen LogP contribution in [0.2, 0.25) is 0 Å². The number of hydrogen-bond donors (Lipinski definition) is 1. The Bertz CT molecular complexity index is 703. The molecule has 4 heteroatoms. The van der Waals surface area contributed by atoms with Crippen LogP contribution < -0.4 is 5.32 Å². The fraction of sp³-hybridized carbons (Fsp3) is 0.250. The van der Waals surface area contributed by atoms with E-state index in [0.717, 1.165) is 16.5 Å². The average Bonchev–Trinajstić information content (AvgIpc) is 2.75. The lowest BCUT2D eigenvalue weighted by atomic mass is 10.0. The summed E-state index contributed by atoms with van der Waals surface area (Å²) in [5, 5.41) is 5.30. The molecular formula is C16H16N2O2. The summed E-state index contributed by atoms with van der Waals surface area (Å²) < 4.78 is 5.22. The molecule has 20 heavy (non-hydrogen) atoms. The number of cyclic esters (lactones) is 1. The number of fused-ring (bicyclic) bond motifs is 1. The third-order valence-electron chi connectivity index (χ3n) is 3.70. The third kappa shape index (κ3) is 2.03. The smallest absolute Gasteiger partial charge is 0.341 e. The van der Waals surface area contributed by atoms with E-state index in [9.17, 15) is 4.79 Å². The maximum Gasteiger partial charge on any atom is 0.341 e. The van der Waals surface area contributed by atoms with Crippen molar-refractivity contribution in [3.8, 4) is 0 Å². The highest BCUT2D eigenvalue weighted by atomic mass is 16.6. The molecule has 0 amide bonds. The first-order chi connectivity index (χ1) is 9.62. The molecule has 1 aliphatic heterocycles. The average molecular weight is 268 g/mol. The highest BCUT2D eigenvalue weighted by molar-refractivity contribution is 6.08. The highest BCUT2D eigenvalue weighted by Gasteiger charge is 2.40. The van der Waals surface area contributed by atoms with Crippen LogP contribution in [0.3, 0.4) is 0 Å². The van der Waals surface area contributed by atoms with Gasteiger partial charge in [-0.3, -0.25) is 0 Å². The maximum atomic E-state index is 11.8. The van der Waals surface area contributed by atoms with E-state index in [1.165, 1.54) is 0 Å². The quantitative estimate of drug-likeness (QED) is 0.850. The number of esters is 1. The van der Waals surface area contributed by atoms with E-state index in [0.29, 0.717) is 6.42 Å². The second-order valence-corrected chi connectivity index (χ2v) is 5.09. The van der Waals surface area contributed by atoms with Crippen molar-refractivity contribution in [1.29, 1.82) is 0 Å². The number of carbonyl (C=O) groups is 1. The van der Waals surface area contributed by atoms with Gasteiger partial charge >= 0.3 is 5.97 Å². The largest absolute Gasteiger partial charge is 0.391 e. The fourth-order valence-corrected chi connectivity index (χ4v) is 2.22. The van der Waals surface area contributed by atoms with Gasteiger partial charge in [0, 0.05) is 5.39 Å². The maximum absolute atomic E-state index is 11.8. The van der Waals surface area contributed by atoms with Crippen LogP contribution in [0, 0.1) is 0 Å². The van der Waals surface area contributed by atoms with Crippen LogP contribution in [0.1, 0.15) is 20.3 Å². The zero-order valence-electron chi connectivity index (χ0n) is 11.5. The summed E-state index contributed by atoms with van der Waals surface area (Å²) >= 11 is 0. The van der Waals surface area contributed by atoms with Gasteiger partial charge in [0.1, 0.15) is 0 Å². The number of benzene rings is 2. The highest BCUT2D eigenvalue weighted by Crippen LogP contribution is 2.27. The molecule has 0 unspecified atom stereocenters. The standard InChI is InChI=1S/C16H16N2O2/c1-3-16(2)14(19)20-15(18-16)17-13-10-6-8-11-7-4-5-9-12(11)13/h4-10H,3H2,1-2H3,(H,17,18)/t16-/m0/s1. The lowest BCUT2D eigenvalue weighted by Crippen LogP contribution is -2.28. The van der Waals surface area contributed by atoms with E-state index in [-0.39, 0.29) is 12.0 Å².